The Morgan fingerprint density at radius 3 is 2.88 bits per heavy atom. The van der Waals surface area contributed by atoms with Crippen LogP contribution >= 0.6 is 11.8 Å². The van der Waals surface area contributed by atoms with Crippen molar-refractivity contribution < 1.29 is 4.39 Å². The molecule has 0 radical (unpaired) electrons. The van der Waals surface area contributed by atoms with Crippen molar-refractivity contribution in [3.63, 3.8) is 0 Å². The molecule has 1 aliphatic heterocycles. The smallest absolute Gasteiger partial charge is 0.141 e. The SMILES string of the molecule is NC(CC1CCSCC1)c1cncc(F)c1. The third-order valence-corrected chi connectivity index (χ3v) is 4.13. The fourth-order valence-electron chi connectivity index (χ4n) is 2.11. The van der Waals surface area contributed by atoms with E-state index in [9.17, 15) is 4.39 Å². The number of nitrogens with two attached hydrogens (primary N) is 1. The maximum absolute atomic E-state index is 13.0. The molecule has 1 atom stereocenters. The van der Waals surface area contributed by atoms with E-state index in [4.69, 9.17) is 5.73 Å². The molecule has 1 aliphatic rings. The van der Waals surface area contributed by atoms with E-state index in [-0.39, 0.29) is 11.9 Å². The highest BCUT2D eigenvalue weighted by Gasteiger charge is 2.18. The molecule has 1 aromatic heterocycles. The summed E-state index contributed by atoms with van der Waals surface area (Å²) in [6.07, 6.45) is 6.31. The molecule has 0 amide bonds. The minimum atomic E-state index is -0.299. The zero-order valence-corrected chi connectivity index (χ0v) is 10.0. The molecule has 88 valence electrons. The van der Waals surface area contributed by atoms with Crippen LogP contribution in [0.1, 0.15) is 30.9 Å². The van der Waals surface area contributed by atoms with Crippen molar-refractivity contribution in [3.05, 3.63) is 29.8 Å². The van der Waals surface area contributed by atoms with Crippen LogP contribution in [0, 0.1) is 11.7 Å². The number of rotatable bonds is 3. The minimum Gasteiger partial charge on any atom is -0.324 e. The number of pyridine rings is 1. The summed E-state index contributed by atoms with van der Waals surface area (Å²) in [5.74, 6) is 2.86. The van der Waals surface area contributed by atoms with Gasteiger partial charge in [-0.05, 0) is 48.3 Å². The van der Waals surface area contributed by atoms with Crippen molar-refractivity contribution in [2.45, 2.75) is 25.3 Å². The molecule has 0 spiro atoms. The van der Waals surface area contributed by atoms with Gasteiger partial charge in [-0.15, -0.1) is 0 Å². The Morgan fingerprint density at radius 2 is 2.19 bits per heavy atom. The number of nitrogens with zero attached hydrogens (tertiary/aromatic N) is 1. The van der Waals surface area contributed by atoms with Gasteiger partial charge in [-0.1, -0.05) is 0 Å². The van der Waals surface area contributed by atoms with Gasteiger partial charge in [-0.2, -0.15) is 11.8 Å². The maximum atomic E-state index is 13.0. The van der Waals surface area contributed by atoms with Crippen molar-refractivity contribution in [2.24, 2.45) is 11.7 Å². The number of hydrogen-bond acceptors (Lipinski definition) is 3. The molecule has 1 fully saturated rings. The first-order chi connectivity index (χ1) is 7.75. The molecule has 2 N–H and O–H groups in total. The van der Waals surface area contributed by atoms with E-state index in [1.165, 1.54) is 36.6 Å². The average molecular weight is 240 g/mol. The third-order valence-electron chi connectivity index (χ3n) is 3.08. The van der Waals surface area contributed by atoms with E-state index in [0.29, 0.717) is 5.92 Å². The summed E-state index contributed by atoms with van der Waals surface area (Å²) in [6, 6.07) is 1.42. The second-order valence-electron chi connectivity index (χ2n) is 4.33. The number of hydrogen-bond donors (Lipinski definition) is 1. The van der Waals surface area contributed by atoms with Gasteiger partial charge in [0.15, 0.2) is 0 Å². The molecule has 1 aromatic rings. The summed E-state index contributed by atoms with van der Waals surface area (Å²) in [6.45, 7) is 0. The monoisotopic (exact) mass is 240 g/mol. The molecule has 1 unspecified atom stereocenters. The van der Waals surface area contributed by atoms with Crippen LogP contribution in [0.5, 0.6) is 0 Å². The summed E-state index contributed by atoms with van der Waals surface area (Å²) in [5, 5.41) is 0. The van der Waals surface area contributed by atoms with Crippen LogP contribution in [0.4, 0.5) is 4.39 Å². The summed E-state index contributed by atoms with van der Waals surface area (Å²) >= 11 is 2.01. The lowest BCUT2D eigenvalue weighted by atomic mass is 9.92. The Kier molecular flexibility index (Phi) is 4.18. The van der Waals surface area contributed by atoms with Crippen LogP contribution in [0.15, 0.2) is 18.5 Å². The molecular formula is C12H17FN2S. The average Bonchev–Trinajstić information content (AvgIpc) is 2.30. The summed E-state index contributed by atoms with van der Waals surface area (Å²) < 4.78 is 13.0. The molecule has 2 nitrogen and oxygen atoms in total. The molecule has 0 aliphatic carbocycles. The second kappa shape index (κ2) is 5.64. The first-order valence-electron chi connectivity index (χ1n) is 5.69. The predicted octanol–water partition coefficient (Wildman–Crippen LogP) is 2.75. The first-order valence-corrected chi connectivity index (χ1v) is 6.85. The Labute approximate surface area is 99.8 Å². The van der Waals surface area contributed by atoms with Crippen molar-refractivity contribution in [1.82, 2.24) is 4.98 Å². The Morgan fingerprint density at radius 1 is 1.44 bits per heavy atom. The van der Waals surface area contributed by atoms with Gasteiger partial charge < -0.3 is 5.73 Å². The third kappa shape index (κ3) is 3.19. The van der Waals surface area contributed by atoms with Gasteiger partial charge in [0.05, 0.1) is 6.20 Å². The van der Waals surface area contributed by atoms with Crippen molar-refractivity contribution in [2.75, 3.05) is 11.5 Å². The fraction of sp³-hybridized carbons (Fsp3) is 0.583. The highest BCUT2D eigenvalue weighted by Crippen LogP contribution is 2.29. The van der Waals surface area contributed by atoms with E-state index >= 15 is 0 Å². The molecule has 2 heterocycles. The largest absolute Gasteiger partial charge is 0.324 e. The zero-order chi connectivity index (χ0) is 11.4. The van der Waals surface area contributed by atoms with E-state index in [2.05, 4.69) is 4.98 Å². The van der Waals surface area contributed by atoms with E-state index in [1.54, 1.807) is 6.20 Å². The van der Waals surface area contributed by atoms with E-state index in [0.717, 1.165) is 12.0 Å². The molecular weight excluding hydrogens is 223 g/mol. The topological polar surface area (TPSA) is 38.9 Å². The molecule has 0 bridgehead atoms. The zero-order valence-electron chi connectivity index (χ0n) is 9.23. The predicted molar refractivity (Wildman–Crippen MR) is 65.8 cm³/mol. The van der Waals surface area contributed by atoms with Crippen molar-refractivity contribution in [3.8, 4) is 0 Å². The molecule has 0 aromatic carbocycles. The van der Waals surface area contributed by atoms with Gasteiger partial charge in [0, 0.05) is 12.2 Å². The molecule has 4 heteroatoms. The fourth-order valence-corrected chi connectivity index (χ4v) is 3.31. The lowest BCUT2D eigenvalue weighted by molar-refractivity contribution is 0.412. The quantitative estimate of drug-likeness (QED) is 0.883. The van der Waals surface area contributed by atoms with E-state index in [1.807, 2.05) is 11.8 Å². The first kappa shape index (κ1) is 11.9. The van der Waals surface area contributed by atoms with Crippen LogP contribution in [-0.4, -0.2) is 16.5 Å². The normalized spacial score (nSPS) is 19.6. The standard InChI is InChI=1S/C12H17FN2S/c13-11-6-10(7-15-8-11)12(14)5-9-1-3-16-4-2-9/h6-9,12H,1-5,14H2. The molecule has 0 saturated carbocycles. The number of aromatic nitrogens is 1. The van der Waals surface area contributed by atoms with Crippen LogP contribution in [0.3, 0.4) is 0 Å². The van der Waals surface area contributed by atoms with Crippen LogP contribution in [0.2, 0.25) is 0 Å². The lowest BCUT2D eigenvalue weighted by Crippen LogP contribution is -2.19. The minimum absolute atomic E-state index is 0.0729. The molecule has 1 saturated heterocycles. The summed E-state index contributed by atoms with van der Waals surface area (Å²) in [4.78, 5) is 3.84. The van der Waals surface area contributed by atoms with Crippen molar-refractivity contribution in [1.29, 1.82) is 0 Å². The van der Waals surface area contributed by atoms with E-state index < -0.39 is 0 Å². The van der Waals surface area contributed by atoms with Gasteiger partial charge in [0.1, 0.15) is 5.82 Å². The van der Waals surface area contributed by atoms with Gasteiger partial charge in [0.2, 0.25) is 0 Å². The van der Waals surface area contributed by atoms with Crippen molar-refractivity contribution >= 4 is 11.8 Å². The highest BCUT2D eigenvalue weighted by atomic mass is 32.2. The molecule has 2 rings (SSSR count). The van der Waals surface area contributed by atoms with Crippen LogP contribution in [-0.2, 0) is 0 Å². The Hall–Kier alpha value is -0.610. The van der Waals surface area contributed by atoms with Gasteiger partial charge in [-0.25, -0.2) is 4.39 Å². The van der Waals surface area contributed by atoms with Gasteiger partial charge in [0.25, 0.3) is 0 Å². The van der Waals surface area contributed by atoms with Gasteiger partial charge >= 0.3 is 0 Å². The number of thioether (sulfide) groups is 1. The lowest BCUT2D eigenvalue weighted by Gasteiger charge is -2.24. The maximum Gasteiger partial charge on any atom is 0.141 e. The highest BCUT2D eigenvalue weighted by molar-refractivity contribution is 7.99. The van der Waals surface area contributed by atoms with Crippen LogP contribution in [0.25, 0.3) is 0 Å². The Balaban J connectivity index is 1.94. The van der Waals surface area contributed by atoms with Gasteiger partial charge in [-0.3, -0.25) is 4.98 Å². The summed E-state index contributed by atoms with van der Waals surface area (Å²) in [5.41, 5.74) is 6.90. The number of halogens is 1. The Bertz CT molecular complexity index is 340. The van der Waals surface area contributed by atoms with Crippen LogP contribution < -0.4 is 5.73 Å². The summed E-state index contributed by atoms with van der Waals surface area (Å²) in [7, 11) is 0. The molecule has 16 heavy (non-hydrogen) atoms. The second-order valence-corrected chi connectivity index (χ2v) is 5.56.